The van der Waals surface area contributed by atoms with Crippen molar-refractivity contribution in [1.29, 1.82) is 0 Å². The third-order valence-electron chi connectivity index (χ3n) is 1.58. The Kier molecular flexibility index (Phi) is 10.2. The maximum Gasteiger partial charge on any atom is 0.0920 e. The second-order valence-electron chi connectivity index (χ2n) is 3.77. The Bertz CT molecular complexity index is 133. The van der Waals surface area contributed by atoms with Crippen LogP contribution in [0.1, 0.15) is 13.8 Å². The molecule has 0 saturated carbocycles. The van der Waals surface area contributed by atoms with Gasteiger partial charge in [0.1, 0.15) is 0 Å². The van der Waals surface area contributed by atoms with Gasteiger partial charge in [-0.15, -0.1) is 0 Å². The number of aliphatic hydroxyl groups is 1. The number of rotatable bonds is 10. The smallest absolute Gasteiger partial charge is 0.0920 e. The molecule has 0 amide bonds. The van der Waals surface area contributed by atoms with Gasteiger partial charge in [0.25, 0.3) is 0 Å². The van der Waals surface area contributed by atoms with E-state index in [1.54, 1.807) is 7.11 Å². The van der Waals surface area contributed by atoms with Crippen LogP contribution in [0.3, 0.4) is 0 Å². The van der Waals surface area contributed by atoms with Crippen LogP contribution >= 0.6 is 0 Å². The van der Waals surface area contributed by atoms with Crippen molar-refractivity contribution in [2.75, 3.05) is 40.1 Å². The van der Waals surface area contributed by atoms with Crippen molar-refractivity contribution in [1.82, 2.24) is 5.48 Å². The molecule has 92 valence electrons. The first-order valence-corrected chi connectivity index (χ1v) is 5.26. The second-order valence-corrected chi connectivity index (χ2v) is 3.77. The Morgan fingerprint density at radius 1 is 1.20 bits per heavy atom. The molecule has 5 heteroatoms. The molecule has 0 aliphatic carbocycles. The van der Waals surface area contributed by atoms with Crippen LogP contribution in [0.2, 0.25) is 0 Å². The number of methoxy groups -OCH3 is 1. The first-order valence-electron chi connectivity index (χ1n) is 5.26. The van der Waals surface area contributed by atoms with Gasteiger partial charge >= 0.3 is 0 Å². The Balaban J connectivity index is 3.15. The van der Waals surface area contributed by atoms with Gasteiger partial charge in [-0.05, 0) is 5.92 Å². The molecule has 0 aromatic rings. The maximum atomic E-state index is 9.41. The van der Waals surface area contributed by atoms with Gasteiger partial charge in [-0.2, -0.15) is 5.48 Å². The van der Waals surface area contributed by atoms with E-state index in [1.807, 2.05) is 0 Å². The number of hydrogen-bond acceptors (Lipinski definition) is 5. The molecular formula is C10H23NO4. The molecule has 0 radical (unpaired) electrons. The fourth-order valence-electron chi connectivity index (χ4n) is 0.801. The molecule has 0 rings (SSSR count). The maximum absolute atomic E-state index is 9.41. The van der Waals surface area contributed by atoms with Crippen LogP contribution in [0.5, 0.6) is 0 Å². The molecule has 1 unspecified atom stereocenters. The summed E-state index contributed by atoms with van der Waals surface area (Å²) >= 11 is 0. The summed E-state index contributed by atoms with van der Waals surface area (Å²) in [6.07, 6.45) is -0.547. The summed E-state index contributed by atoms with van der Waals surface area (Å²) in [5, 5.41) is 9.41. The number of aliphatic hydroxyl groups excluding tert-OH is 1. The zero-order valence-electron chi connectivity index (χ0n) is 9.86. The van der Waals surface area contributed by atoms with Gasteiger partial charge in [0, 0.05) is 13.7 Å². The molecule has 0 aliphatic rings. The predicted molar refractivity (Wildman–Crippen MR) is 57.5 cm³/mol. The average Bonchev–Trinajstić information content (AvgIpc) is 2.19. The highest BCUT2D eigenvalue weighted by molar-refractivity contribution is 4.53. The molecule has 0 heterocycles. The fraction of sp³-hybridized carbons (Fsp3) is 1.00. The molecule has 0 bridgehead atoms. The van der Waals surface area contributed by atoms with Gasteiger partial charge in [-0.25, -0.2) is 0 Å². The van der Waals surface area contributed by atoms with E-state index >= 15 is 0 Å². The molecule has 0 saturated heterocycles. The van der Waals surface area contributed by atoms with Gasteiger partial charge in [0.05, 0.1) is 32.5 Å². The van der Waals surface area contributed by atoms with Crippen LogP contribution in [0, 0.1) is 5.92 Å². The van der Waals surface area contributed by atoms with E-state index < -0.39 is 6.10 Å². The van der Waals surface area contributed by atoms with Crippen molar-refractivity contribution in [2.45, 2.75) is 20.0 Å². The van der Waals surface area contributed by atoms with Crippen molar-refractivity contribution >= 4 is 0 Å². The monoisotopic (exact) mass is 221 g/mol. The number of hydrogen-bond donors (Lipinski definition) is 2. The highest BCUT2D eigenvalue weighted by atomic mass is 16.6. The van der Waals surface area contributed by atoms with E-state index in [2.05, 4.69) is 19.3 Å². The minimum atomic E-state index is -0.547. The van der Waals surface area contributed by atoms with E-state index in [1.165, 1.54) is 0 Å². The highest BCUT2D eigenvalue weighted by Crippen LogP contribution is 1.90. The van der Waals surface area contributed by atoms with Crippen molar-refractivity contribution in [3.8, 4) is 0 Å². The molecule has 15 heavy (non-hydrogen) atoms. The lowest BCUT2D eigenvalue weighted by Gasteiger charge is -2.13. The van der Waals surface area contributed by atoms with Crippen LogP contribution < -0.4 is 5.48 Å². The van der Waals surface area contributed by atoms with Crippen LogP contribution in [0.15, 0.2) is 0 Å². The molecule has 0 aromatic carbocycles. The Morgan fingerprint density at radius 2 is 1.93 bits per heavy atom. The van der Waals surface area contributed by atoms with Gasteiger partial charge < -0.3 is 19.4 Å². The molecule has 0 spiro atoms. The van der Waals surface area contributed by atoms with E-state index in [9.17, 15) is 5.11 Å². The SMILES string of the molecule is COCCOCC(O)CNOCC(C)C. The van der Waals surface area contributed by atoms with Gasteiger partial charge in [0.15, 0.2) is 0 Å². The number of hydroxylamine groups is 1. The summed E-state index contributed by atoms with van der Waals surface area (Å²) in [5.41, 5.74) is 2.70. The van der Waals surface area contributed by atoms with E-state index in [0.29, 0.717) is 38.9 Å². The first kappa shape index (κ1) is 14.8. The normalized spacial score (nSPS) is 13.4. The van der Waals surface area contributed by atoms with Crippen LogP contribution in [0.4, 0.5) is 0 Å². The molecule has 0 aliphatic heterocycles. The zero-order valence-corrected chi connectivity index (χ0v) is 9.86. The quantitative estimate of drug-likeness (QED) is 0.407. The summed E-state index contributed by atoms with van der Waals surface area (Å²) in [5.74, 6) is 0.479. The lowest BCUT2D eigenvalue weighted by molar-refractivity contribution is -0.0285. The van der Waals surface area contributed by atoms with Gasteiger partial charge in [-0.3, -0.25) is 0 Å². The summed E-state index contributed by atoms with van der Waals surface area (Å²) in [6.45, 7) is 6.47. The predicted octanol–water partition coefficient (Wildman–Crippen LogP) is 0.187. The van der Waals surface area contributed by atoms with Crippen LogP contribution in [0.25, 0.3) is 0 Å². The van der Waals surface area contributed by atoms with E-state index in [4.69, 9.17) is 14.3 Å². The highest BCUT2D eigenvalue weighted by Gasteiger charge is 2.03. The van der Waals surface area contributed by atoms with Crippen molar-refractivity contribution in [3.63, 3.8) is 0 Å². The second kappa shape index (κ2) is 10.3. The molecule has 0 fully saturated rings. The van der Waals surface area contributed by atoms with Crippen LogP contribution in [-0.4, -0.2) is 51.3 Å². The van der Waals surface area contributed by atoms with Crippen molar-refractivity contribution < 1.29 is 19.4 Å². The molecule has 0 aromatic heterocycles. The Labute approximate surface area is 91.7 Å². The Hall–Kier alpha value is -0.200. The van der Waals surface area contributed by atoms with E-state index in [0.717, 1.165) is 0 Å². The first-order chi connectivity index (χ1) is 7.16. The molecule has 2 N–H and O–H groups in total. The minimum absolute atomic E-state index is 0.293. The third-order valence-corrected chi connectivity index (χ3v) is 1.58. The van der Waals surface area contributed by atoms with E-state index in [-0.39, 0.29) is 0 Å². The van der Waals surface area contributed by atoms with Crippen molar-refractivity contribution in [2.24, 2.45) is 5.92 Å². The van der Waals surface area contributed by atoms with Gasteiger partial charge in [0.2, 0.25) is 0 Å². The van der Waals surface area contributed by atoms with Crippen molar-refractivity contribution in [3.05, 3.63) is 0 Å². The topological polar surface area (TPSA) is 60.0 Å². The molecular weight excluding hydrogens is 198 g/mol. The zero-order chi connectivity index (χ0) is 11.5. The minimum Gasteiger partial charge on any atom is -0.389 e. The summed E-state index contributed by atoms with van der Waals surface area (Å²) in [6, 6.07) is 0. The lowest BCUT2D eigenvalue weighted by atomic mass is 10.2. The molecule has 5 nitrogen and oxygen atoms in total. The summed E-state index contributed by atoms with van der Waals surface area (Å²) in [7, 11) is 1.61. The van der Waals surface area contributed by atoms with Crippen LogP contribution in [-0.2, 0) is 14.3 Å². The Morgan fingerprint density at radius 3 is 2.53 bits per heavy atom. The standard InChI is InChI=1S/C10H23NO4/c1-9(2)7-15-11-6-10(12)8-14-5-4-13-3/h9-12H,4-8H2,1-3H3. The van der Waals surface area contributed by atoms with Gasteiger partial charge in [-0.1, -0.05) is 13.8 Å². The third kappa shape index (κ3) is 11.7. The number of nitrogens with one attached hydrogen (secondary N) is 1. The fourth-order valence-corrected chi connectivity index (χ4v) is 0.801. The largest absolute Gasteiger partial charge is 0.389 e. The molecule has 1 atom stereocenters. The lowest BCUT2D eigenvalue weighted by Crippen LogP contribution is -2.31. The summed E-state index contributed by atoms with van der Waals surface area (Å²) in [4.78, 5) is 5.10. The number of ether oxygens (including phenoxy) is 2. The average molecular weight is 221 g/mol. The summed E-state index contributed by atoms with van der Waals surface area (Å²) < 4.78 is 9.94.